The first-order chi connectivity index (χ1) is 9.11. The van der Waals surface area contributed by atoms with Gasteiger partial charge in [-0.05, 0) is 25.0 Å². The summed E-state index contributed by atoms with van der Waals surface area (Å²) < 4.78 is 41.2. The van der Waals surface area contributed by atoms with Crippen LogP contribution in [0.3, 0.4) is 0 Å². The lowest BCUT2D eigenvalue weighted by molar-refractivity contribution is 0.447. The summed E-state index contributed by atoms with van der Waals surface area (Å²) in [6, 6.07) is 2.04. The number of aromatic nitrogens is 3. The summed E-state index contributed by atoms with van der Waals surface area (Å²) in [7, 11) is 0. The molecule has 2 aromatic rings. The third-order valence-corrected chi connectivity index (χ3v) is 3.28. The first-order valence-electron chi connectivity index (χ1n) is 5.76. The summed E-state index contributed by atoms with van der Waals surface area (Å²) >= 11 is 5.76. The van der Waals surface area contributed by atoms with Gasteiger partial charge in [-0.15, -0.1) is 21.8 Å². The molecule has 1 aliphatic rings. The lowest BCUT2D eigenvalue weighted by atomic mass is 10.2. The van der Waals surface area contributed by atoms with Gasteiger partial charge >= 0.3 is 0 Å². The van der Waals surface area contributed by atoms with Crippen molar-refractivity contribution in [3.63, 3.8) is 0 Å². The fraction of sp³-hybridized carbons (Fsp3) is 0.333. The Morgan fingerprint density at radius 1 is 1.16 bits per heavy atom. The summed E-state index contributed by atoms with van der Waals surface area (Å²) in [6.07, 6.45) is 1.89. The van der Waals surface area contributed by atoms with Crippen LogP contribution in [-0.2, 0) is 5.88 Å². The van der Waals surface area contributed by atoms with E-state index in [2.05, 4.69) is 10.2 Å². The maximum absolute atomic E-state index is 13.3. The fourth-order valence-electron chi connectivity index (χ4n) is 2.01. The van der Waals surface area contributed by atoms with Gasteiger partial charge in [0.2, 0.25) is 0 Å². The van der Waals surface area contributed by atoms with Gasteiger partial charge in [-0.25, -0.2) is 13.2 Å². The number of alkyl halides is 1. The Morgan fingerprint density at radius 2 is 1.79 bits per heavy atom. The Bertz CT molecular complexity index is 614. The summed E-state index contributed by atoms with van der Waals surface area (Å²) in [5.74, 6) is -2.95. The van der Waals surface area contributed by atoms with E-state index < -0.39 is 17.5 Å². The van der Waals surface area contributed by atoms with Gasteiger partial charge in [-0.1, -0.05) is 0 Å². The standard InChI is InChI=1S/C12H9ClF3N3/c13-5-10-17-18-12(19(10)7-1-2-7)6-3-8(14)11(16)9(15)4-6/h3-4,7H,1-2,5H2. The van der Waals surface area contributed by atoms with Crippen molar-refractivity contribution in [3.8, 4) is 11.4 Å². The number of halogens is 4. The molecule has 0 bridgehead atoms. The Labute approximate surface area is 112 Å². The minimum atomic E-state index is -1.49. The number of nitrogens with zero attached hydrogens (tertiary/aromatic N) is 3. The Balaban J connectivity index is 2.14. The van der Waals surface area contributed by atoms with Gasteiger partial charge in [0.25, 0.3) is 0 Å². The average Bonchev–Trinajstić information content (AvgIpc) is 3.14. The Hall–Kier alpha value is -1.56. The molecule has 0 radical (unpaired) electrons. The van der Waals surface area contributed by atoms with Crippen LogP contribution in [0, 0.1) is 17.5 Å². The van der Waals surface area contributed by atoms with Gasteiger partial charge in [0.05, 0.1) is 5.88 Å². The highest BCUT2D eigenvalue weighted by Crippen LogP contribution is 2.39. The first-order valence-corrected chi connectivity index (χ1v) is 6.30. The minimum absolute atomic E-state index is 0.159. The van der Waals surface area contributed by atoms with Gasteiger partial charge < -0.3 is 4.57 Å². The largest absolute Gasteiger partial charge is 0.307 e. The van der Waals surface area contributed by atoms with Crippen molar-refractivity contribution in [2.75, 3.05) is 0 Å². The van der Waals surface area contributed by atoms with Crippen LogP contribution in [0.5, 0.6) is 0 Å². The molecule has 1 heterocycles. The molecule has 100 valence electrons. The molecular formula is C12H9ClF3N3. The molecule has 1 aliphatic carbocycles. The maximum atomic E-state index is 13.3. The highest BCUT2D eigenvalue weighted by Gasteiger charge is 2.30. The molecule has 1 aromatic heterocycles. The monoisotopic (exact) mass is 287 g/mol. The normalized spacial score (nSPS) is 14.9. The van der Waals surface area contributed by atoms with E-state index in [-0.39, 0.29) is 17.5 Å². The molecular weight excluding hydrogens is 279 g/mol. The molecule has 0 atom stereocenters. The second-order valence-corrected chi connectivity index (χ2v) is 4.70. The van der Waals surface area contributed by atoms with E-state index in [4.69, 9.17) is 11.6 Å². The molecule has 0 spiro atoms. The number of hydrogen-bond donors (Lipinski definition) is 0. The molecule has 3 rings (SSSR count). The Kier molecular flexibility index (Phi) is 2.97. The van der Waals surface area contributed by atoms with Crippen molar-refractivity contribution in [2.45, 2.75) is 24.8 Å². The third kappa shape index (κ3) is 2.10. The SMILES string of the molecule is Fc1cc(-c2nnc(CCl)n2C2CC2)cc(F)c1F. The predicted molar refractivity (Wildman–Crippen MR) is 63.2 cm³/mol. The van der Waals surface area contributed by atoms with Gasteiger partial charge in [-0.3, -0.25) is 0 Å². The minimum Gasteiger partial charge on any atom is -0.307 e. The molecule has 1 saturated carbocycles. The summed E-state index contributed by atoms with van der Waals surface area (Å²) in [6.45, 7) is 0. The van der Waals surface area contributed by atoms with Crippen molar-refractivity contribution < 1.29 is 13.2 Å². The third-order valence-electron chi connectivity index (χ3n) is 3.04. The van der Waals surface area contributed by atoms with E-state index in [1.165, 1.54) is 0 Å². The topological polar surface area (TPSA) is 30.7 Å². The Morgan fingerprint density at radius 3 is 2.32 bits per heavy atom. The van der Waals surface area contributed by atoms with Gasteiger partial charge in [0.15, 0.2) is 23.3 Å². The molecule has 0 amide bonds. The summed E-state index contributed by atoms with van der Waals surface area (Å²) in [4.78, 5) is 0. The van der Waals surface area contributed by atoms with Gasteiger partial charge in [0, 0.05) is 11.6 Å². The van der Waals surface area contributed by atoms with Crippen LogP contribution in [-0.4, -0.2) is 14.8 Å². The number of benzene rings is 1. The number of rotatable bonds is 3. The zero-order valence-electron chi connectivity index (χ0n) is 9.71. The maximum Gasteiger partial charge on any atom is 0.194 e. The van der Waals surface area contributed by atoms with E-state index in [0.29, 0.717) is 11.6 Å². The predicted octanol–water partition coefficient (Wildman–Crippen LogP) is 3.44. The quantitative estimate of drug-likeness (QED) is 0.639. The second kappa shape index (κ2) is 4.52. The van der Waals surface area contributed by atoms with Crippen molar-refractivity contribution in [1.82, 2.24) is 14.8 Å². The molecule has 1 aromatic carbocycles. The van der Waals surface area contributed by atoms with Crippen LogP contribution in [0.2, 0.25) is 0 Å². The molecule has 3 nitrogen and oxygen atoms in total. The molecule has 0 saturated heterocycles. The highest BCUT2D eigenvalue weighted by atomic mass is 35.5. The van der Waals surface area contributed by atoms with Gasteiger partial charge in [0.1, 0.15) is 5.82 Å². The smallest absolute Gasteiger partial charge is 0.194 e. The van der Waals surface area contributed by atoms with Gasteiger partial charge in [-0.2, -0.15) is 0 Å². The molecule has 0 unspecified atom stereocenters. The van der Waals surface area contributed by atoms with Crippen LogP contribution in [0.15, 0.2) is 12.1 Å². The zero-order chi connectivity index (χ0) is 13.6. The lowest BCUT2D eigenvalue weighted by Gasteiger charge is -2.08. The lowest BCUT2D eigenvalue weighted by Crippen LogP contribution is -2.03. The van der Waals surface area contributed by atoms with E-state index in [1.807, 2.05) is 0 Å². The first kappa shape index (κ1) is 12.5. The van der Waals surface area contributed by atoms with Crippen molar-refractivity contribution >= 4 is 11.6 Å². The van der Waals surface area contributed by atoms with Crippen LogP contribution >= 0.6 is 11.6 Å². The van der Waals surface area contributed by atoms with Crippen molar-refractivity contribution in [1.29, 1.82) is 0 Å². The van der Waals surface area contributed by atoms with Crippen LogP contribution < -0.4 is 0 Å². The molecule has 0 aliphatic heterocycles. The number of hydrogen-bond acceptors (Lipinski definition) is 2. The average molecular weight is 288 g/mol. The van der Waals surface area contributed by atoms with Crippen LogP contribution in [0.1, 0.15) is 24.7 Å². The molecule has 1 fully saturated rings. The van der Waals surface area contributed by atoms with Crippen molar-refractivity contribution in [2.24, 2.45) is 0 Å². The summed E-state index contributed by atoms with van der Waals surface area (Å²) in [5.41, 5.74) is 0.159. The van der Waals surface area contributed by atoms with E-state index in [9.17, 15) is 13.2 Å². The fourth-order valence-corrected chi connectivity index (χ4v) is 2.19. The molecule has 7 heteroatoms. The summed E-state index contributed by atoms with van der Waals surface area (Å²) in [5, 5.41) is 7.80. The van der Waals surface area contributed by atoms with E-state index >= 15 is 0 Å². The van der Waals surface area contributed by atoms with Crippen molar-refractivity contribution in [3.05, 3.63) is 35.4 Å². The van der Waals surface area contributed by atoms with Crippen LogP contribution in [0.4, 0.5) is 13.2 Å². The molecule has 0 N–H and O–H groups in total. The van der Waals surface area contributed by atoms with Crippen LogP contribution in [0.25, 0.3) is 11.4 Å². The molecule has 19 heavy (non-hydrogen) atoms. The van der Waals surface area contributed by atoms with E-state index in [1.54, 1.807) is 4.57 Å². The van der Waals surface area contributed by atoms with E-state index in [0.717, 1.165) is 25.0 Å². The second-order valence-electron chi connectivity index (χ2n) is 4.43. The zero-order valence-corrected chi connectivity index (χ0v) is 10.5. The highest BCUT2D eigenvalue weighted by molar-refractivity contribution is 6.16.